The van der Waals surface area contributed by atoms with Gasteiger partial charge >= 0.3 is 6.03 Å². The number of carbonyl (C=O) groups is 3. The van der Waals surface area contributed by atoms with E-state index in [0.717, 1.165) is 39.1 Å². The number of aryl methyl sites for hydroxylation is 1. The third kappa shape index (κ3) is 5.06. The summed E-state index contributed by atoms with van der Waals surface area (Å²) in [5.41, 5.74) is 1.79. The van der Waals surface area contributed by atoms with E-state index in [1.807, 2.05) is 0 Å². The molecule has 1 saturated carbocycles. The van der Waals surface area contributed by atoms with E-state index < -0.39 is 11.6 Å². The molecule has 2 saturated heterocycles. The summed E-state index contributed by atoms with van der Waals surface area (Å²) < 4.78 is 0. The van der Waals surface area contributed by atoms with Crippen LogP contribution in [0.3, 0.4) is 0 Å². The molecule has 1 spiro atoms. The van der Waals surface area contributed by atoms with Crippen LogP contribution < -0.4 is 20.9 Å². The molecule has 3 N–H and O–H groups in total. The second kappa shape index (κ2) is 9.48. The molecule has 1 aromatic rings. The Morgan fingerprint density at radius 3 is 2.53 bits per heavy atom. The summed E-state index contributed by atoms with van der Waals surface area (Å²) in [5, 5.41) is 8.24. The molecule has 1 unspecified atom stereocenters. The molecule has 2 heterocycles. The third-order valence-corrected chi connectivity index (χ3v) is 7.23. The van der Waals surface area contributed by atoms with Crippen molar-refractivity contribution in [2.24, 2.45) is 5.92 Å². The van der Waals surface area contributed by atoms with E-state index in [1.165, 1.54) is 11.3 Å². The zero-order valence-electron chi connectivity index (χ0n) is 19.2. The van der Waals surface area contributed by atoms with Gasteiger partial charge in [-0.1, -0.05) is 12.1 Å². The number of piperazine rings is 1. The summed E-state index contributed by atoms with van der Waals surface area (Å²) in [6.45, 7) is 9.29. The molecule has 1 atom stereocenters. The normalized spacial score (nSPS) is 27.2. The van der Waals surface area contributed by atoms with E-state index in [4.69, 9.17) is 0 Å². The molecule has 3 fully saturated rings. The Balaban J connectivity index is 1.16. The van der Waals surface area contributed by atoms with E-state index in [0.29, 0.717) is 25.7 Å². The number of nitrogens with one attached hydrogen (secondary N) is 3. The minimum atomic E-state index is -0.805. The zero-order valence-corrected chi connectivity index (χ0v) is 19.2. The van der Waals surface area contributed by atoms with Crippen molar-refractivity contribution >= 4 is 23.5 Å². The largest absolute Gasteiger partial charge is 0.369 e. The number of imide groups is 1. The van der Waals surface area contributed by atoms with Crippen LogP contribution in [0.2, 0.25) is 0 Å². The minimum Gasteiger partial charge on any atom is -0.369 e. The van der Waals surface area contributed by atoms with Crippen LogP contribution in [0.4, 0.5) is 10.5 Å². The van der Waals surface area contributed by atoms with Gasteiger partial charge in [0.25, 0.3) is 5.91 Å². The lowest BCUT2D eigenvalue weighted by Gasteiger charge is -2.37. The van der Waals surface area contributed by atoms with E-state index in [-0.39, 0.29) is 23.8 Å². The summed E-state index contributed by atoms with van der Waals surface area (Å²) >= 11 is 0. The molecule has 1 aliphatic carbocycles. The van der Waals surface area contributed by atoms with Crippen LogP contribution in [0.15, 0.2) is 24.3 Å². The fourth-order valence-corrected chi connectivity index (χ4v) is 5.12. The molecule has 2 aliphatic heterocycles. The van der Waals surface area contributed by atoms with Gasteiger partial charge in [0, 0.05) is 50.4 Å². The van der Waals surface area contributed by atoms with Crippen LogP contribution in [-0.4, -0.2) is 67.0 Å². The van der Waals surface area contributed by atoms with Crippen LogP contribution in [0.25, 0.3) is 0 Å². The van der Waals surface area contributed by atoms with Crippen LogP contribution in [0.5, 0.6) is 0 Å². The highest BCUT2D eigenvalue weighted by Crippen LogP contribution is 2.34. The first-order valence-corrected chi connectivity index (χ1v) is 11.8. The van der Waals surface area contributed by atoms with Crippen molar-refractivity contribution in [2.45, 2.75) is 57.5 Å². The first-order chi connectivity index (χ1) is 15.3. The molecule has 174 valence electrons. The van der Waals surface area contributed by atoms with Gasteiger partial charge in [-0.05, 0) is 63.6 Å². The highest BCUT2D eigenvalue weighted by atomic mass is 16.2. The van der Waals surface area contributed by atoms with E-state index in [9.17, 15) is 14.4 Å². The van der Waals surface area contributed by atoms with E-state index in [2.05, 4.69) is 63.9 Å². The predicted molar refractivity (Wildman–Crippen MR) is 123 cm³/mol. The van der Waals surface area contributed by atoms with Crippen molar-refractivity contribution in [3.8, 4) is 0 Å². The number of benzene rings is 1. The average molecular weight is 442 g/mol. The molecule has 0 radical (unpaired) electrons. The summed E-state index contributed by atoms with van der Waals surface area (Å²) in [4.78, 5) is 41.2. The lowest BCUT2D eigenvalue weighted by Crippen LogP contribution is -2.51. The quantitative estimate of drug-likeness (QED) is 0.585. The summed E-state index contributed by atoms with van der Waals surface area (Å²) in [6.07, 6.45) is 3.19. The van der Waals surface area contributed by atoms with Crippen molar-refractivity contribution in [3.63, 3.8) is 0 Å². The first kappa shape index (κ1) is 22.6. The maximum atomic E-state index is 12.7. The van der Waals surface area contributed by atoms with Crippen LogP contribution in [-0.2, 0) is 9.59 Å². The van der Waals surface area contributed by atoms with Gasteiger partial charge in [0.05, 0.1) is 0 Å². The highest BCUT2D eigenvalue weighted by molar-refractivity contribution is 6.07. The molecule has 0 bridgehead atoms. The smallest absolute Gasteiger partial charge is 0.322 e. The summed E-state index contributed by atoms with van der Waals surface area (Å²) in [5.74, 6) is -0.273. The molecule has 1 aromatic carbocycles. The van der Waals surface area contributed by atoms with Gasteiger partial charge in [-0.25, -0.2) is 4.79 Å². The second-order valence-corrected chi connectivity index (χ2v) is 9.63. The maximum Gasteiger partial charge on any atom is 0.322 e. The lowest BCUT2D eigenvalue weighted by atomic mass is 9.76. The Kier molecular flexibility index (Phi) is 6.69. The van der Waals surface area contributed by atoms with E-state index in [1.54, 1.807) is 0 Å². The third-order valence-electron chi connectivity index (χ3n) is 7.23. The minimum absolute atomic E-state index is 0.0707. The molecule has 32 heavy (non-hydrogen) atoms. The summed E-state index contributed by atoms with van der Waals surface area (Å²) in [6, 6.07) is 8.36. The Morgan fingerprint density at radius 2 is 1.91 bits per heavy atom. The molecule has 8 heteroatoms. The molecule has 0 aromatic heterocycles. The molecule has 4 amide bonds. The molecule has 4 rings (SSSR count). The number of anilines is 1. The number of amides is 4. The molecule has 3 aliphatic rings. The number of hydrogen-bond donors (Lipinski definition) is 3. The standard InChI is InChI=1S/C24H35N5O3/c1-17-4-3-5-20(16-17)29-14-12-28(13-15-29)11-8-18(2)25-21(30)19-6-9-24(10-7-19)22(31)26-23(32)27-24/h3-5,16,18-19H,6-15H2,1-2H3,(H,25,30)(H2,26,27,31,32). The predicted octanol–water partition coefficient (Wildman–Crippen LogP) is 1.78. The van der Waals surface area contributed by atoms with Gasteiger partial charge in [0.1, 0.15) is 5.54 Å². The maximum absolute atomic E-state index is 12.7. The van der Waals surface area contributed by atoms with Gasteiger partial charge in [-0.3, -0.25) is 19.8 Å². The van der Waals surface area contributed by atoms with Crippen LogP contribution in [0, 0.1) is 12.8 Å². The zero-order chi connectivity index (χ0) is 22.7. The Bertz CT molecular complexity index is 857. The number of rotatable bonds is 6. The highest BCUT2D eigenvalue weighted by Gasteiger charge is 2.48. The van der Waals surface area contributed by atoms with Gasteiger partial charge in [0.2, 0.25) is 5.91 Å². The monoisotopic (exact) mass is 441 g/mol. The SMILES string of the molecule is Cc1cccc(N2CCN(CCC(C)NC(=O)C3CCC4(CC3)NC(=O)NC4=O)CC2)c1. The van der Waals surface area contributed by atoms with Crippen molar-refractivity contribution < 1.29 is 14.4 Å². The van der Waals surface area contributed by atoms with Crippen LogP contribution in [0.1, 0.15) is 44.6 Å². The van der Waals surface area contributed by atoms with Crippen molar-refractivity contribution in [1.29, 1.82) is 0 Å². The number of urea groups is 1. The Labute approximate surface area is 190 Å². The lowest BCUT2D eigenvalue weighted by molar-refractivity contribution is -0.130. The van der Waals surface area contributed by atoms with Crippen molar-refractivity contribution in [2.75, 3.05) is 37.6 Å². The second-order valence-electron chi connectivity index (χ2n) is 9.63. The molecular formula is C24H35N5O3. The number of hydrogen-bond acceptors (Lipinski definition) is 5. The Hall–Kier alpha value is -2.61. The fraction of sp³-hybridized carbons (Fsp3) is 0.625. The number of carbonyl (C=O) groups excluding carboxylic acids is 3. The topological polar surface area (TPSA) is 93.8 Å². The summed E-state index contributed by atoms with van der Waals surface area (Å²) in [7, 11) is 0. The van der Waals surface area contributed by atoms with Crippen LogP contribution >= 0.6 is 0 Å². The van der Waals surface area contributed by atoms with Gasteiger partial charge in [0.15, 0.2) is 0 Å². The van der Waals surface area contributed by atoms with Gasteiger partial charge < -0.3 is 15.5 Å². The van der Waals surface area contributed by atoms with Crippen molar-refractivity contribution in [1.82, 2.24) is 20.9 Å². The average Bonchev–Trinajstić information content (AvgIpc) is 3.05. The Morgan fingerprint density at radius 1 is 1.19 bits per heavy atom. The van der Waals surface area contributed by atoms with E-state index >= 15 is 0 Å². The molecular weight excluding hydrogens is 406 g/mol. The fourth-order valence-electron chi connectivity index (χ4n) is 5.12. The molecule has 8 nitrogen and oxygen atoms in total. The van der Waals surface area contributed by atoms with Crippen molar-refractivity contribution in [3.05, 3.63) is 29.8 Å². The number of nitrogens with zero attached hydrogens (tertiary/aromatic N) is 2. The van der Waals surface area contributed by atoms with Gasteiger partial charge in [-0.2, -0.15) is 0 Å². The first-order valence-electron chi connectivity index (χ1n) is 11.8. The van der Waals surface area contributed by atoms with Gasteiger partial charge in [-0.15, -0.1) is 0 Å².